The maximum Gasteiger partial charge on any atom is 0.307 e. The third-order valence-electron chi connectivity index (χ3n) is 4.82. The molecule has 1 amide bonds. The molecule has 0 heterocycles. The Morgan fingerprint density at radius 3 is 2.54 bits per heavy atom. The van der Waals surface area contributed by atoms with E-state index in [4.69, 9.17) is 21.1 Å². The Morgan fingerprint density at radius 2 is 1.88 bits per heavy atom. The van der Waals surface area contributed by atoms with E-state index in [2.05, 4.69) is 6.92 Å². The van der Waals surface area contributed by atoms with Crippen molar-refractivity contribution >= 4 is 23.5 Å². The number of rotatable bonds is 8. The largest absolute Gasteiger partial charge is 0.484 e. The fourth-order valence-corrected chi connectivity index (χ4v) is 3.56. The van der Waals surface area contributed by atoms with Crippen molar-refractivity contribution in [2.45, 2.75) is 52.0 Å². The van der Waals surface area contributed by atoms with Gasteiger partial charge < -0.3 is 14.4 Å². The van der Waals surface area contributed by atoms with Crippen LogP contribution in [0.3, 0.4) is 0 Å². The highest BCUT2D eigenvalue weighted by Crippen LogP contribution is 2.28. The second-order valence-corrected chi connectivity index (χ2v) is 7.15. The summed E-state index contributed by atoms with van der Waals surface area (Å²) in [6, 6.07) is 7.08. The highest BCUT2D eigenvalue weighted by atomic mass is 35.5. The van der Waals surface area contributed by atoms with Crippen LogP contribution in [0.1, 0.15) is 46.0 Å². The Balaban J connectivity index is 1.99. The molecule has 6 heteroatoms. The summed E-state index contributed by atoms with van der Waals surface area (Å²) >= 11 is 5.86. The van der Waals surface area contributed by atoms with Gasteiger partial charge in [-0.1, -0.05) is 31.4 Å². The van der Waals surface area contributed by atoms with Gasteiger partial charge in [-0.15, -0.1) is 0 Å². The fourth-order valence-electron chi connectivity index (χ4n) is 3.44. The van der Waals surface area contributed by atoms with E-state index in [1.54, 1.807) is 31.2 Å². The fraction of sp³-hybridized carbons (Fsp3) is 0.600. The molecule has 2 atom stereocenters. The summed E-state index contributed by atoms with van der Waals surface area (Å²) in [5.74, 6) is 0.658. The molecule has 0 radical (unpaired) electrons. The zero-order chi connectivity index (χ0) is 18.9. The number of carbonyl (C=O) groups is 2. The molecule has 1 aromatic rings. The standard InChI is InChI=1S/C20H28ClNO4/c1-3-25-20(24)12-13-22(18-7-5-4-6-15(18)2)19(23)14-26-17-10-8-16(21)9-11-17/h8-11,15,18H,3-7,12-14H2,1-2H3. The number of ether oxygens (including phenoxy) is 2. The molecule has 1 aromatic carbocycles. The van der Waals surface area contributed by atoms with Gasteiger partial charge in [0, 0.05) is 17.6 Å². The van der Waals surface area contributed by atoms with Gasteiger partial charge in [0.25, 0.3) is 5.91 Å². The molecule has 1 aliphatic rings. The topological polar surface area (TPSA) is 55.8 Å². The van der Waals surface area contributed by atoms with E-state index >= 15 is 0 Å². The lowest BCUT2D eigenvalue weighted by Crippen LogP contribution is -2.48. The van der Waals surface area contributed by atoms with Crippen LogP contribution in [0.15, 0.2) is 24.3 Å². The van der Waals surface area contributed by atoms with Crippen molar-refractivity contribution in [1.82, 2.24) is 4.90 Å². The molecular formula is C20H28ClNO4. The van der Waals surface area contributed by atoms with Crippen LogP contribution in [-0.4, -0.2) is 42.6 Å². The first-order valence-electron chi connectivity index (χ1n) is 9.34. The number of halogens is 1. The zero-order valence-corrected chi connectivity index (χ0v) is 16.3. The number of carbonyl (C=O) groups excluding carboxylic acids is 2. The number of hydrogen-bond donors (Lipinski definition) is 0. The summed E-state index contributed by atoms with van der Waals surface area (Å²) in [4.78, 5) is 26.4. The predicted octanol–water partition coefficient (Wildman–Crippen LogP) is 4.08. The predicted molar refractivity (Wildman–Crippen MR) is 101 cm³/mol. The second kappa shape index (κ2) is 10.4. The van der Waals surface area contributed by atoms with E-state index in [9.17, 15) is 9.59 Å². The van der Waals surface area contributed by atoms with E-state index in [1.807, 2.05) is 4.90 Å². The van der Waals surface area contributed by atoms with Gasteiger partial charge >= 0.3 is 5.97 Å². The summed E-state index contributed by atoms with van der Waals surface area (Å²) in [5.41, 5.74) is 0. The molecule has 2 rings (SSSR count). The molecule has 1 saturated carbocycles. The molecule has 0 aliphatic heterocycles. The number of amides is 1. The van der Waals surface area contributed by atoms with Gasteiger partial charge in [0.15, 0.2) is 6.61 Å². The van der Waals surface area contributed by atoms with Crippen LogP contribution in [0.4, 0.5) is 0 Å². The van der Waals surface area contributed by atoms with Crippen molar-refractivity contribution in [2.24, 2.45) is 5.92 Å². The minimum atomic E-state index is -0.271. The average Bonchev–Trinajstić information content (AvgIpc) is 2.63. The van der Waals surface area contributed by atoms with Crippen molar-refractivity contribution in [3.05, 3.63) is 29.3 Å². The van der Waals surface area contributed by atoms with Gasteiger partial charge in [0.05, 0.1) is 13.0 Å². The summed E-state index contributed by atoms with van der Waals surface area (Å²) in [6.45, 7) is 4.63. The van der Waals surface area contributed by atoms with Crippen molar-refractivity contribution in [1.29, 1.82) is 0 Å². The van der Waals surface area contributed by atoms with E-state index in [0.717, 1.165) is 19.3 Å². The lowest BCUT2D eigenvalue weighted by Gasteiger charge is -2.38. The van der Waals surface area contributed by atoms with E-state index in [-0.39, 0.29) is 30.9 Å². The van der Waals surface area contributed by atoms with Gasteiger partial charge in [-0.2, -0.15) is 0 Å². The van der Waals surface area contributed by atoms with E-state index in [1.165, 1.54) is 6.42 Å². The minimum absolute atomic E-state index is 0.0479. The number of esters is 1. The van der Waals surface area contributed by atoms with Gasteiger partial charge in [-0.3, -0.25) is 9.59 Å². The van der Waals surface area contributed by atoms with Crippen molar-refractivity contribution in [3.63, 3.8) is 0 Å². The lowest BCUT2D eigenvalue weighted by molar-refractivity contribution is -0.145. The molecule has 0 bridgehead atoms. The Kier molecular flexibility index (Phi) is 8.23. The van der Waals surface area contributed by atoms with Crippen LogP contribution in [0.5, 0.6) is 5.75 Å². The molecule has 5 nitrogen and oxygen atoms in total. The molecule has 0 aromatic heterocycles. The van der Waals surface area contributed by atoms with E-state index in [0.29, 0.717) is 29.8 Å². The highest BCUT2D eigenvalue weighted by molar-refractivity contribution is 6.30. The zero-order valence-electron chi connectivity index (χ0n) is 15.6. The van der Waals surface area contributed by atoms with Crippen LogP contribution in [0.25, 0.3) is 0 Å². The molecule has 0 spiro atoms. The van der Waals surface area contributed by atoms with Gasteiger partial charge in [-0.05, 0) is 49.9 Å². The van der Waals surface area contributed by atoms with Crippen LogP contribution in [0, 0.1) is 5.92 Å². The van der Waals surface area contributed by atoms with Crippen LogP contribution < -0.4 is 4.74 Å². The summed E-state index contributed by atoms with van der Waals surface area (Å²) in [6.07, 6.45) is 4.58. The normalized spacial score (nSPS) is 19.7. The third kappa shape index (κ3) is 6.20. The smallest absolute Gasteiger partial charge is 0.307 e. The molecule has 1 fully saturated rings. The monoisotopic (exact) mass is 381 g/mol. The van der Waals surface area contributed by atoms with Gasteiger partial charge in [0.2, 0.25) is 0 Å². The maximum atomic E-state index is 12.8. The third-order valence-corrected chi connectivity index (χ3v) is 5.08. The van der Waals surface area contributed by atoms with Crippen LogP contribution in [0.2, 0.25) is 5.02 Å². The van der Waals surface area contributed by atoms with Crippen molar-refractivity contribution in [2.75, 3.05) is 19.8 Å². The molecule has 2 unspecified atom stereocenters. The summed E-state index contributed by atoms with van der Waals surface area (Å²) in [5, 5.41) is 0.621. The quantitative estimate of drug-likeness (QED) is 0.636. The summed E-state index contributed by atoms with van der Waals surface area (Å²) < 4.78 is 10.6. The Bertz CT molecular complexity index is 590. The maximum absolute atomic E-state index is 12.8. The highest BCUT2D eigenvalue weighted by Gasteiger charge is 2.31. The van der Waals surface area contributed by atoms with E-state index < -0.39 is 0 Å². The molecule has 1 aliphatic carbocycles. The minimum Gasteiger partial charge on any atom is -0.484 e. The number of hydrogen-bond acceptors (Lipinski definition) is 4. The lowest BCUT2D eigenvalue weighted by atomic mass is 9.84. The molecule has 144 valence electrons. The SMILES string of the molecule is CCOC(=O)CCN(C(=O)COc1ccc(Cl)cc1)C1CCCCC1C. The molecular weight excluding hydrogens is 354 g/mol. The number of nitrogens with zero attached hydrogens (tertiary/aromatic N) is 1. The summed E-state index contributed by atoms with van der Waals surface area (Å²) in [7, 11) is 0. The molecule has 0 N–H and O–H groups in total. The molecule has 0 saturated heterocycles. The molecule has 26 heavy (non-hydrogen) atoms. The first-order valence-corrected chi connectivity index (χ1v) is 9.72. The van der Waals surface area contributed by atoms with Crippen LogP contribution in [-0.2, 0) is 14.3 Å². The van der Waals surface area contributed by atoms with Crippen LogP contribution >= 0.6 is 11.6 Å². The Morgan fingerprint density at radius 1 is 1.19 bits per heavy atom. The Hall–Kier alpha value is -1.75. The van der Waals surface area contributed by atoms with Crippen molar-refractivity contribution in [3.8, 4) is 5.75 Å². The first kappa shape index (κ1) is 20.6. The first-order chi connectivity index (χ1) is 12.5. The second-order valence-electron chi connectivity index (χ2n) is 6.71. The Labute approximate surface area is 160 Å². The average molecular weight is 382 g/mol. The number of benzene rings is 1. The van der Waals surface area contributed by atoms with Gasteiger partial charge in [-0.25, -0.2) is 0 Å². The van der Waals surface area contributed by atoms with Crippen molar-refractivity contribution < 1.29 is 19.1 Å². The van der Waals surface area contributed by atoms with Gasteiger partial charge in [0.1, 0.15) is 5.75 Å².